The van der Waals surface area contributed by atoms with E-state index >= 15 is 4.39 Å². The molecule has 2 aliphatic rings. The Morgan fingerprint density at radius 3 is 2.67 bits per heavy atom. The Hall–Kier alpha value is -5.12. The summed E-state index contributed by atoms with van der Waals surface area (Å²) in [5.41, 5.74) is 2.44. The van der Waals surface area contributed by atoms with E-state index < -0.39 is 5.82 Å². The third kappa shape index (κ3) is 5.01. The summed E-state index contributed by atoms with van der Waals surface area (Å²) in [6, 6.07) is 15.1. The SMILES string of the molecule is CN1CCCC1COc1nc2c(F)c(-c3cccc4cccc(C#N)c34)c(Cl)cc2c2c1ncn2C1CCN(C(=O)c2nc[nH]n2)CC1. The minimum absolute atomic E-state index is 0.0247. The Morgan fingerprint density at radius 2 is 1.94 bits per heavy atom. The van der Waals surface area contributed by atoms with Crippen molar-refractivity contribution in [2.75, 3.05) is 33.3 Å². The van der Waals surface area contributed by atoms with Gasteiger partial charge >= 0.3 is 0 Å². The average Bonchev–Trinajstić information content (AvgIpc) is 3.89. The number of pyridine rings is 1. The minimum atomic E-state index is -0.595. The van der Waals surface area contributed by atoms with Crippen LogP contribution in [0.25, 0.3) is 43.8 Å². The number of amides is 1. The number of carbonyl (C=O) groups excluding carboxylic acids is 1. The van der Waals surface area contributed by atoms with Gasteiger partial charge in [0, 0.05) is 41.5 Å². The van der Waals surface area contributed by atoms with E-state index in [1.165, 1.54) is 6.33 Å². The van der Waals surface area contributed by atoms with Gasteiger partial charge in [-0.05, 0) is 62.4 Å². The van der Waals surface area contributed by atoms with E-state index in [-0.39, 0.29) is 45.8 Å². The molecule has 0 bridgehead atoms. The van der Waals surface area contributed by atoms with Gasteiger partial charge < -0.3 is 19.1 Å². The largest absolute Gasteiger partial charge is 0.474 e. The fraction of sp³-hybridized carbons (Fsp3) is 0.314. The first-order valence-electron chi connectivity index (χ1n) is 16.0. The number of nitrogens with zero attached hydrogens (tertiary/aromatic N) is 8. The van der Waals surface area contributed by atoms with Crippen LogP contribution in [0.3, 0.4) is 0 Å². The van der Waals surface area contributed by atoms with Crippen LogP contribution in [0.15, 0.2) is 55.1 Å². The Bertz CT molecular complexity index is 2230. The zero-order valence-corrected chi connectivity index (χ0v) is 26.9. The molecule has 11 nitrogen and oxygen atoms in total. The highest BCUT2D eigenvalue weighted by atomic mass is 35.5. The summed E-state index contributed by atoms with van der Waals surface area (Å²) >= 11 is 6.97. The van der Waals surface area contributed by atoms with Gasteiger partial charge in [-0.2, -0.15) is 5.26 Å². The number of nitriles is 1. The Balaban J connectivity index is 1.26. The molecular formula is C35H31ClFN9O2. The number of nitrogens with one attached hydrogen (secondary N) is 1. The third-order valence-electron chi connectivity index (χ3n) is 9.79. The third-order valence-corrected chi connectivity index (χ3v) is 10.1. The van der Waals surface area contributed by atoms with Crippen LogP contribution in [0, 0.1) is 17.1 Å². The molecule has 3 aromatic carbocycles. The average molecular weight is 664 g/mol. The van der Waals surface area contributed by atoms with E-state index in [2.05, 4.69) is 33.2 Å². The van der Waals surface area contributed by atoms with Crippen molar-refractivity contribution in [1.82, 2.24) is 39.5 Å². The second-order valence-corrected chi connectivity index (χ2v) is 12.9. The summed E-state index contributed by atoms with van der Waals surface area (Å²) in [5.74, 6) is -0.414. The highest BCUT2D eigenvalue weighted by Crippen LogP contribution is 2.43. The number of carbonyl (C=O) groups is 1. The van der Waals surface area contributed by atoms with Crippen molar-refractivity contribution in [2.24, 2.45) is 0 Å². The van der Waals surface area contributed by atoms with Crippen molar-refractivity contribution in [3.63, 3.8) is 0 Å². The van der Waals surface area contributed by atoms with Crippen molar-refractivity contribution in [2.45, 2.75) is 37.8 Å². The van der Waals surface area contributed by atoms with E-state index in [9.17, 15) is 10.1 Å². The van der Waals surface area contributed by atoms with E-state index in [0.717, 1.165) is 24.8 Å². The second kappa shape index (κ2) is 12.2. The molecule has 13 heteroatoms. The number of H-pyrrole nitrogens is 1. The number of benzene rings is 3. The van der Waals surface area contributed by atoms with Crippen molar-refractivity contribution >= 4 is 50.2 Å². The maximum Gasteiger partial charge on any atom is 0.293 e. The number of likely N-dealkylation sites (tertiary alicyclic amines) is 2. The molecule has 0 radical (unpaired) electrons. The van der Waals surface area contributed by atoms with Gasteiger partial charge in [0.2, 0.25) is 11.7 Å². The van der Waals surface area contributed by atoms with Crippen LogP contribution in [-0.2, 0) is 0 Å². The van der Waals surface area contributed by atoms with Gasteiger partial charge in [0.05, 0.1) is 28.5 Å². The lowest BCUT2D eigenvalue weighted by molar-refractivity contribution is 0.0684. The number of ether oxygens (including phenoxy) is 1. The molecule has 0 saturated carbocycles. The first-order chi connectivity index (χ1) is 23.4. The molecule has 0 spiro atoms. The topological polar surface area (TPSA) is 129 Å². The Kier molecular flexibility index (Phi) is 7.66. The van der Waals surface area contributed by atoms with E-state index in [0.29, 0.717) is 65.5 Å². The molecule has 2 aliphatic heterocycles. The maximum atomic E-state index is 17.1. The molecule has 6 aromatic rings. The lowest BCUT2D eigenvalue weighted by Gasteiger charge is -2.32. The first-order valence-corrected chi connectivity index (χ1v) is 16.4. The lowest BCUT2D eigenvalue weighted by atomic mass is 9.93. The van der Waals surface area contributed by atoms with Crippen molar-refractivity contribution in [3.05, 3.63) is 77.3 Å². The molecule has 1 atom stereocenters. The second-order valence-electron chi connectivity index (χ2n) is 12.5. The normalized spacial score (nSPS) is 17.5. The number of aromatic amines is 1. The monoisotopic (exact) mass is 663 g/mol. The smallest absolute Gasteiger partial charge is 0.293 e. The fourth-order valence-corrected chi connectivity index (χ4v) is 7.56. The number of hydrogen-bond acceptors (Lipinski definition) is 8. The molecule has 1 amide bonds. The van der Waals surface area contributed by atoms with E-state index in [1.807, 2.05) is 28.8 Å². The van der Waals surface area contributed by atoms with Gasteiger partial charge in [0.1, 0.15) is 18.5 Å². The maximum absolute atomic E-state index is 17.1. The summed E-state index contributed by atoms with van der Waals surface area (Å²) in [6.45, 7) is 2.39. The molecule has 8 rings (SSSR count). The highest BCUT2D eigenvalue weighted by molar-refractivity contribution is 6.35. The molecule has 1 N–H and O–H groups in total. The fourth-order valence-electron chi connectivity index (χ4n) is 7.27. The predicted molar refractivity (Wildman–Crippen MR) is 179 cm³/mol. The molecule has 1 unspecified atom stereocenters. The summed E-state index contributed by atoms with van der Waals surface area (Å²) in [7, 11) is 2.08. The molecular weight excluding hydrogens is 633 g/mol. The molecule has 2 saturated heterocycles. The first kappa shape index (κ1) is 30.2. The molecule has 0 aliphatic carbocycles. The highest BCUT2D eigenvalue weighted by Gasteiger charge is 2.30. The predicted octanol–water partition coefficient (Wildman–Crippen LogP) is 6.14. The number of piperidine rings is 1. The lowest BCUT2D eigenvalue weighted by Crippen LogP contribution is -2.39. The number of likely N-dealkylation sites (N-methyl/N-ethyl adjacent to an activating group) is 1. The standard InChI is InChI=1S/C35H31ClFN9O2/c1-44-12-4-8-23(44)17-48-34-31-32(46(19-40-31)22-10-13-45(14-11-22)35(47)33-39-18-41-43-33)25-15-26(36)28(29(37)30(25)42-34)24-9-3-6-20-5-2-7-21(16-38)27(20)24/h2-3,5-7,9,15,18-19,22-23H,4,8,10-14,17H2,1H3,(H,39,41,43). The zero-order valence-electron chi connectivity index (χ0n) is 26.2. The molecule has 2 fully saturated rings. The number of fused-ring (bicyclic) bond motifs is 4. The van der Waals surface area contributed by atoms with Gasteiger partial charge in [-0.3, -0.25) is 9.89 Å². The number of hydrogen-bond donors (Lipinski definition) is 1. The molecule has 3 aromatic heterocycles. The van der Waals surface area contributed by atoms with Crippen LogP contribution < -0.4 is 4.74 Å². The Labute approximate surface area is 279 Å². The number of rotatable bonds is 6. The van der Waals surface area contributed by atoms with E-state index in [4.69, 9.17) is 26.3 Å². The van der Waals surface area contributed by atoms with Crippen LogP contribution in [0.2, 0.25) is 5.02 Å². The summed E-state index contributed by atoms with van der Waals surface area (Å²) < 4.78 is 25.5. The summed E-state index contributed by atoms with van der Waals surface area (Å²) in [5, 5.41) is 18.6. The summed E-state index contributed by atoms with van der Waals surface area (Å²) in [4.78, 5) is 30.4. The van der Waals surface area contributed by atoms with E-state index in [1.54, 1.807) is 29.4 Å². The van der Waals surface area contributed by atoms with Crippen LogP contribution in [-0.4, -0.2) is 84.8 Å². The van der Waals surface area contributed by atoms with Crippen LogP contribution in [0.5, 0.6) is 5.88 Å². The minimum Gasteiger partial charge on any atom is -0.474 e. The quantitative estimate of drug-likeness (QED) is 0.225. The zero-order chi connectivity index (χ0) is 32.9. The van der Waals surface area contributed by atoms with Gasteiger partial charge in [-0.25, -0.2) is 19.3 Å². The molecule has 5 heterocycles. The van der Waals surface area contributed by atoms with Gasteiger partial charge in [-0.1, -0.05) is 41.9 Å². The van der Waals surface area contributed by atoms with Gasteiger partial charge in [0.15, 0.2) is 11.3 Å². The Morgan fingerprint density at radius 1 is 1.12 bits per heavy atom. The molecule has 48 heavy (non-hydrogen) atoms. The number of halogens is 2. The number of imidazole rings is 1. The van der Waals surface area contributed by atoms with Gasteiger partial charge in [0.25, 0.3) is 5.91 Å². The van der Waals surface area contributed by atoms with Crippen molar-refractivity contribution in [1.29, 1.82) is 5.26 Å². The van der Waals surface area contributed by atoms with Crippen LogP contribution in [0.1, 0.15) is 47.9 Å². The summed E-state index contributed by atoms with van der Waals surface area (Å²) in [6.07, 6.45) is 6.53. The van der Waals surface area contributed by atoms with Crippen molar-refractivity contribution < 1.29 is 13.9 Å². The van der Waals surface area contributed by atoms with Crippen molar-refractivity contribution in [3.8, 4) is 23.1 Å². The number of aromatic nitrogens is 6. The van der Waals surface area contributed by atoms with Crippen LogP contribution >= 0.6 is 11.6 Å². The molecule has 242 valence electrons. The van der Waals surface area contributed by atoms with Crippen LogP contribution in [0.4, 0.5) is 4.39 Å². The van der Waals surface area contributed by atoms with Gasteiger partial charge in [-0.15, -0.1) is 5.10 Å².